The average molecular weight is 396 g/mol. The van der Waals surface area contributed by atoms with Crippen molar-refractivity contribution in [2.24, 2.45) is 5.92 Å². The number of hydrogen-bond acceptors (Lipinski definition) is 3. The van der Waals surface area contributed by atoms with Gasteiger partial charge >= 0.3 is 0 Å². The fraction of sp³-hybridized carbons (Fsp3) is 0.222. The first-order valence-corrected chi connectivity index (χ1v) is 8.95. The summed E-state index contributed by atoms with van der Waals surface area (Å²) in [5.41, 5.74) is 2.55. The Labute approximate surface area is 159 Å². The lowest BCUT2D eigenvalue weighted by Gasteiger charge is -2.38. The molecule has 4 rings (SSSR count). The lowest BCUT2D eigenvalue weighted by atomic mass is 9.77. The zero-order valence-corrected chi connectivity index (χ0v) is 15.1. The predicted molar refractivity (Wildman–Crippen MR) is 101 cm³/mol. The number of nitro benzene ring substituents is 1. The topological polar surface area (TPSA) is 55.2 Å². The van der Waals surface area contributed by atoms with Crippen LogP contribution in [0.15, 0.2) is 42.5 Å². The van der Waals surface area contributed by atoms with Crippen molar-refractivity contribution in [3.63, 3.8) is 0 Å². The van der Waals surface area contributed by atoms with Crippen LogP contribution in [-0.4, -0.2) is 4.92 Å². The molecule has 3 atom stereocenters. The highest BCUT2D eigenvalue weighted by Crippen LogP contribution is 2.53. The van der Waals surface area contributed by atoms with Crippen molar-refractivity contribution in [1.82, 2.24) is 0 Å². The monoisotopic (exact) mass is 394 g/mol. The molecule has 25 heavy (non-hydrogen) atoms. The van der Waals surface area contributed by atoms with Crippen LogP contribution in [0.25, 0.3) is 0 Å². The maximum absolute atomic E-state index is 11.2. The number of nitrogens with one attached hydrogen (secondary N) is 1. The third-order valence-corrected chi connectivity index (χ3v) is 5.77. The van der Waals surface area contributed by atoms with Crippen LogP contribution in [0.1, 0.15) is 29.5 Å². The minimum absolute atomic E-state index is 0.00701. The molecular weight excluding hydrogens is 383 g/mol. The molecule has 0 amide bonds. The van der Waals surface area contributed by atoms with Crippen molar-refractivity contribution in [3.05, 3.63) is 78.8 Å². The van der Waals surface area contributed by atoms with Crippen LogP contribution < -0.4 is 5.32 Å². The van der Waals surface area contributed by atoms with Gasteiger partial charge in [-0.2, -0.15) is 0 Å². The van der Waals surface area contributed by atoms with Gasteiger partial charge in [0.15, 0.2) is 0 Å². The molecule has 0 unspecified atom stereocenters. The normalized spacial score (nSPS) is 23.7. The molecule has 0 fully saturated rings. The van der Waals surface area contributed by atoms with E-state index in [9.17, 15) is 10.1 Å². The molecule has 0 spiro atoms. The standard InChI is InChI=1S/C18H13Cl3N2O2/c19-9-4-5-13(15(20)6-9)17-12-3-1-2-11(12)14-7-10(23(24)25)8-16(21)18(14)22-17/h1-2,4-8,11-12,17,22H,3H2/t11-,12+,17+/m1/s1. The van der Waals surface area contributed by atoms with Crippen molar-refractivity contribution < 1.29 is 4.92 Å². The maximum Gasteiger partial charge on any atom is 0.271 e. The van der Waals surface area contributed by atoms with Crippen molar-refractivity contribution in [2.45, 2.75) is 18.4 Å². The van der Waals surface area contributed by atoms with E-state index in [1.54, 1.807) is 12.1 Å². The molecule has 1 aliphatic carbocycles. The first kappa shape index (κ1) is 16.7. The second-order valence-corrected chi connectivity index (χ2v) is 7.54. The van der Waals surface area contributed by atoms with Gasteiger partial charge < -0.3 is 5.32 Å². The van der Waals surface area contributed by atoms with Crippen LogP contribution in [0.2, 0.25) is 15.1 Å². The third-order valence-electron chi connectivity index (χ3n) is 4.91. The largest absolute Gasteiger partial charge is 0.376 e. The number of rotatable bonds is 2. The zero-order valence-electron chi connectivity index (χ0n) is 12.9. The molecular formula is C18H13Cl3N2O2. The molecule has 1 N–H and O–H groups in total. The van der Waals surface area contributed by atoms with E-state index in [1.807, 2.05) is 12.1 Å². The summed E-state index contributed by atoms with van der Waals surface area (Å²) in [5.74, 6) is 0.273. The Morgan fingerprint density at radius 3 is 2.60 bits per heavy atom. The lowest BCUT2D eigenvalue weighted by Crippen LogP contribution is -2.29. The van der Waals surface area contributed by atoms with E-state index in [1.165, 1.54) is 6.07 Å². The molecule has 0 saturated carbocycles. The summed E-state index contributed by atoms with van der Waals surface area (Å²) in [7, 11) is 0. The van der Waals surface area contributed by atoms with Gasteiger partial charge in [-0.1, -0.05) is 53.0 Å². The summed E-state index contributed by atoms with van der Waals surface area (Å²) < 4.78 is 0. The maximum atomic E-state index is 11.2. The minimum atomic E-state index is -0.415. The van der Waals surface area contributed by atoms with Crippen LogP contribution in [0.4, 0.5) is 11.4 Å². The van der Waals surface area contributed by atoms with Crippen LogP contribution in [0.3, 0.4) is 0 Å². The van der Waals surface area contributed by atoms with Gasteiger partial charge in [0.25, 0.3) is 5.69 Å². The van der Waals surface area contributed by atoms with E-state index in [4.69, 9.17) is 34.8 Å². The number of hydrogen-bond donors (Lipinski definition) is 1. The Bertz CT molecular complexity index is 913. The van der Waals surface area contributed by atoms with Crippen molar-refractivity contribution >= 4 is 46.2 Å². The van der Waals surface area contributed by atoms with Gasteiger partial charge in [-0.3, -0.25) is 10.1 Å². The second-order valence-electron chi connectivity index (χ2n) is 6.29. The number of anilines is 1. The number of allylic oxidation sites excluding steroid dienone is 2. The summed E-state index contributed by atoms with van der Waals surface area (Å²) in [5, 5.41) is 16.2. The molecule has 1 aliphatic heterocycles. The first-order chi connectivity index (χ1) is 12.0. The Morgan fingerprint density at radius 1 is 1.08 bits per heavy atom. The lowest BCUT2D eigenvalue weighted by molar-refractivity contribution is -0.384. The molecule has 7 heteroatoms. The molecule has 0 radical (unpaired) electrons. The van der Waals surface area contributed by atoms with Gasteiger partial charge in [0, 0.05) is 28.1 Å². The van der Waals surface area contributed by atoms with Crippen LogP contribution >= 0.6 is 34.8 Å². The number of nitro groups is 1. The van der Waals surface area contributed by atoms with Gasteiger partial charge in [0.05, 0.1) is 21.7 Å². The molecule has 2 aromatic rings. The summed E-state index contributed by atoms with van der Waals surface area (Å²) >= 11 is 18.8. The summed E-state index contributed by atoms with van der Waals surface area (Å²) in [4.78, 5) is 10.8. The van der Waals surface area contributed by atoms with Crippen LogP contribution in [0, 0.1) is 16.0 Å². The molecule has 2 aliphatic rings. The molecule has 128 valence electrons. The number of nitrogens with zero attached hydrogens (tertiary/aromatic N) is 1. The van der Waals surface area contributed by atoms with Crippen molar-refractivity contribution in [2.75, 3.05) is 5.32 Å². The van der Waals surface area contributed by atoms with Crippen molar-refractivity contribution in [3.8, 4) is 0 Å². The highest BCUT2D eigenvalue weighted by Gasteiger charge is 2.40. The number of halogens is 3. The predicted octanol–water partition coefficient (Wildman–Crippen LogP) is 6.38. The van der Waals surface area contributed by atoms with Crippen LogP contribution in [-0.2, 0) is 0 Å². The summed E-state index contributed by atoms with van der Waals surface area (Å²) in [6, 6.07) is 8.41. The smallest absolute Gasteiger partial charge is 0.271 e. The Balaban J connectivity index is 1.84. The third kappa shape index (κ3) is 2.78. The average Bonchev–Trinajstić information content (AvgIpc) is 3.04. The summed E-state index contributed by atoms with van der Waals surface area (Å²) in [6.45, 7) is 0. The van der Waals surface area contributed by atoms with E-state index in [0.717, 1.165) is 23.2 Å². The Kier molecular flexibility index (Phi) is 4.14. The molecule has 1 heterocycles. The Morgan fingerprint density at radius 2 is 1.88 bits per heavy atom. The van der Waals surface area contributed by atoms with Gasteiger partial charge in [-0.15, -0.1) is 0 Å². The quantitative estimate of drug-likeness (QED) is 0.364. The molecule has 4 nitrogen and oxygen atoms in total. The Hall–Kier alpha value is -1.75. The number of fused-ring (bicyclic) bond motifs is 3. The van der Waals surface area contributed by atoms with E-state index in [-0.39, 0.29) is 23.6 Å². The SMILES string of the molecule is O=[N+]([O-])c1cc(Cl)c2c(c1)[C@@H]1C=CC[C@@H]1[C@@H](c1ccc(Cl)cc1Cl)N2. The molecule has 2 aromatic carbocycles. The van der Waals surface area contributed by atoms with Crippen molar-refractivity contribution in [1.29, 1.82) is 0 Å². The van der Waals surface area contributed by atoms with Gasteiger partial charge in [-0.25, -0.2) is 0 Å². The van der Waals surface area contributed by atoms with Gasteiger partial charge in [0.2, 0.25) is 0 Å². The fourth-order valence-electron chi connectivity index (χ4n) is 3.81. The van der Waals surface area contributed by atoms with Gasteiger partial charge in [0.1, 0.15) is 0 Å². The highest BCUT2D eigenvalue weighted by atomic mass is 35.5. The molecule has 0 aromatic heterocycles. The molecule has 0 saturated heterocycles. The summed E-state index contributed by atoms with van der Waals surface area (Å²) in [6.07, 6.45) is 5.07. The number of benzene rings is 2. The zero-order chi connectivity index (χ0) is 17.7. The van der Waals surface area contributed by atoms with E-state index >= 15 is 0 Å². The molecule has 0 bridgehead atoms. The first-order valence-electron chi connectivity index (χ1n) is 7.81. The number of non-ortho nitro benzene ring substituents is 1. The fourth-order valence-corrected chi connectivity index (χ4v) is 4.61. The minimum Gasteiger partial charge on any atom is -0.376 e. The van der Waals surface area contributed by atoms with E-state index in [0.29, 0.717) is 15.1 Å². The van der Waals surface area contributed by atoms with Gasteiger partial charge in [-0.05, 0) is 35.6 Å². The van der Waals surface area contributed by atoms with E-state index in [2.05, 4.69) is 17.5 Å². The van der Waals surface area contributed by atoms with E-state index < -0.39 is 4.92 Å². The second kappa shape index (κ2) is 6.20. The van der Waals surface area contributed by atoms with Crippen LogP contribution in [0.5, 0.6) is 0 Å². The highest BCUT2D eigenvalue weighted by molar-refractivity contribution is 6.35.